The van der Waals surface area contributed by atoms with Crippen molar-refractivity contribution in [2.75, 3.05) is 19.7 Å². The molecule has 0 saturated carbocycles. The van der Waals surface area contributed by atoms with Gasteiger partial charge in [-0.3, -0.25) is 14.4 Å². The van der Waals surface area contributed by atoms with Gasteiger partial charge in [0.05, 0.1) is 17.6 Å². The standard InChI is InChI=1S/C24H26ClNO4/c1-3-30-23(29)24(16-18-8-10-19(25)11-9-18)12-14-26(15-13-24)22(28)21-7-5-4-6-20(21)17(2)27/h4-11H,3,12-16H2,1-2H3. The van der Waals surface area contributed by atoms with Gasteiger partial charge in [0, 0.05) is 23.7 Å². The van der Waals surface area contributed by atoms with Gasteiger partial charge in [0.25, 0.3) is 5.91 Å². The summed E-state index contributed by atoms with van der Waals surface area (Å²) in [5.41, 5.74) is 1.16. The maximum atomic E-state index is 13.1. The minimum Gasteiger partial charge on any atom is -0.466 e. The predicted octanol–water partition coefficient (Wildman–Crippen LogP) is 4.57. The molecule has 5 nitrogen and oxygen atoms in total. The zero-order valence-electron chi connectivity index (χ0n) is 17.3. The van der Waals surface area contributed by atoms with E-state index < -0.39 is 5.41 Å². The van der Waals surface area contributed by atoms with Gasteiger partial charge in [-0.25, -0.2) is 0 Å². The highest BCUT2D eigenvalue weighted by molar-refractivity contribution is 6.30. The Morgan fingerprint density at radius 3 is 2.17 bits per heavy atom. The van der Waals surface area contributed by atoms with E-state index in [1.165, 1.54) is 6.92 Å². The van der Waals surface area contributed by atoms with E-state index in [4.69, 9.17) is 16.3 Å². The molecule has 1 aliphatic rings. The number of ether oxygens (including phenoxy) is 1. The maximum absolute atomic E-state index is 13.1. The summed E-state index contributed by atoms with van der Waals surface area (Å²) in [5.74, 6) is -0.541. The smallest absolute Gasteiger partial charge is 0.312 e. The fourth-order valence-corrected chi connectivity index (χ4v) is 4.14. The predicted molar refractivity (Wildman–Crippen MR) is 116 cm³/mol. The topological polar surface area (TPSA) is 63.7 Å². The Hall–Kier alpha value is -2.66. The van der Waals surface area contributed by atoms with Crippen molar-refractivity contribution in [1.29, 1.82) is 0 Å². The van der Waals surface area contributed by atoms with Gasteiger partial charge in [-0.1, -0.05) is 41.9 Å². The molecule has 0 N–H and O–H groups in total. The highest BCUT2D eigenvalue weighted by Gasteiger charge is 2.43. The van der Waals surface area contributed by atoms with Crippen molar-refractivity contribution < 1.29 is 19.1 Å². The Morgan fingerprint density at radius 1 is 1.00 bits per heavy atom. The van der Waals surface area contributed by atoms with Crippen LogP contribution in [0.15, 0.2) is 48.5 Å². The third-order valence-electron chi connectivity index (χ3n) is 5.71. The highest BCUT2D eigenvalue weighted by Crippen LogP contribution is 2.37. The van der Waals surface area contributed by atoms with Crippen molar-refractivity contribution in [1.82, 2.24) is 4.90 Å². The summed E-state index contributed by atoms with van der Waals surface area (Å²) in [5, 5.41) is 0.647. The number of benzene rings is 2. The van der Waals surface area contributed by atoms with Crippen LogP contribution in [0.25, 0.3) is 0 Å². The molecule has 2 aromatic carbocycles. The van der Waals surface area contributed by atoms with Crippen LogP contribution in [0, 0.1) is 5.41 Å². The quantitative estimate of drug-likeness (QED) is 0.500. The second kappa shape index (κ2) is 9.43. The lowest BCUT2D eigenvalue weighted by molar-refractivity contribution is -0.158. The largest absolute Gasteiger partial charge is 0.466 e. The van der Waals surface area contributed by atoms with E-state index in [1.54, 1.807) is 36.1 Å². The molecule has 1 amide bonds. The third kappa shape index (κ3) is 4.73. The Bertz CT molecular complexity index is 930. The summed E-state index contributed by atoms with van der Waals surface area (Å²) in [6.07, 6.45) is 1.54. The normalized spacial score (nSPS) is 15.5. The van der Waals surface area contributed by atoms with E-state index in [-0.39, 0.29) is 17.7 Å². The van der Waals surface area contributed by atoms with Gasteiger partial charge < -0.3 is 9.64 Å². The van der Waals surface area contributed by atoms with E-state index in [1.807, 2.05) is 24.3 Å². The fourth-order valence-electron chi connectivity index (χ4n) is 4.02. The lowest BCUT2D eigenvalue weighted by Gasteiger charge is -2.40. The number of halogens is 1. The first kappa shape index (κ1) is 22.0. The molecule has 0 unspecified atom stereocenters. The van der Waals surface area contributed by atoms with Crippen LogP contribution in [0.4, 0.5) is 0 Å². The maximum Gasteiger partial charge on any atom is 0.312 e. The average molecular weight is 428 g/mol. The molecule has 0 spiro atoms. The molecular weight excluding hydrogens is 402 g/mol. The zero-order chi connectivity index (χ0) is 21.7. The first-order chi connectivity index (χ1) is 14.4. The second-order valence-corrected chi connectivity index (χ2v) is 8.13. The number of amides is 1. The number of carbonyl (C=O) groups is 3. The number of hydrogen-bond acceptors (Lipinski definition) is 4. The van der Waals surface area contributed by atoms with E-state index >= 15 is 0 Å². The Kier molecular flexibility index (Phi) is 6.93. The molecule has 0 radical (unpaired) electrons. The summed E-state index contributed by atoms with van der Waals surface area (Å²) >= 11 is 5.99. The number of ketones is 1. The van der Waals surface area contributed by atoms with Gasteiger partial charge in [-0.2, -0.15) is 0 Å². The summed E-state index contributed by atoms with van der Waals surface area (Å²) < 4.78 is 5.40. The van der Waals surface area contributed by atoms with Gasteiger partial charge in [0.15, 0.2) is 5.78 Å². The van der Waals surface area contributed by atoms with Gasteiger partial charge in [-0.05, 0) is 56.9 Å². The zero-order valence-corrected chi connectivity index (χ0v) is 18.1. The van der Waals surface area contributed by atoms with Gasteiger partial charge in [0.2, 0.25) is 0 Å². The average Bonchev–Trinajstić information content (AvgIpc) is 2.75. The Morgan fingerprint density at radius 2 is 1.60 bits per heavy atom. The molecule has 3 rings (SSSR count). The molecule has 158 valence electrons. The number of piperidine rings is 1. The number of esters is 1. The summed E-state index contributed by atoms with van der Waals surface area (Å²) in [6, 6.07) is 14.3. The van der Waals surface area contributed by atoms with Crippen LogP contribution in [-0.2, 0) is 16.0 Å². The van der Waals surface area contributed by atoms with Crippen molar-refractivity contribution in [3.05, 3.63) is 70.2 Å². The molecular formula is C24H26ClNO4. The van der Waals surface area contributed by atoms with Crippen LogP contribution in [0.5, 0.6) is 0 Å². The Balaban J connectivity index is 1.79. The Labute approximate surface area is 182 Å². The highest BCUT2D eigenvalue weighted by atomic mass is 35.5. The van der Waals surface area contributed by atoms with Gasteiger partial charge >= 0.3 is 5.97 Å². The minimum atomic E-state index is -0.680. The molecule has 1 fully saturated rings. The van der Waals surface area contributed by atoms with Crippen molar-refractivity contribution >= 4 is 29.3 Å². The first-order valence-electron chi connectivity index (χ1n) is 10.2. The van der Waals surface area contributed by atoms with Crippen LogP contribution in [0.2, 0.25) is 5.02 Å². The number of carbonyl (C=O) groups excluding carboxylic acids is 3. The lowest BCUT2D eigenvalue weighted by atomic mass is 9.73. The molecule has 1 saturated heterocycles. The molecule has 1 heterocycles. The SMILES string of the molecule is CCOC(=O)C1(Cc2ccc(Cl)cc2)CCN(C(=O)c2ccccc2C(C)=O)CC1. The van der Waals surface area contributed by atoms with Crippen molar-refractivity contribution in [2.24, 2.45) is 5.41 Å². The van der Waals surface area contributed by atoms with Crippen LogP contribution < -0.4 is 0 Å². The lowest BCUT2D eigenvalue weighted by Crippen LogP contribution is -2.48. The van der Waals surface area contributed by atoms with Gasteiger partial charge in [-0.15, -0.1) is 0 Å². The number of hydrogen-bond donors (Lipinski definition) is 0. The second-order valence-electron chi connectivity index (χ2n) is 7.70. The molecule has 6 heteroatoms. The van der Waals surface area contributed by atoms with Crippen LogP contribution >= 0.6 is 11.6 Å². The van der Waals surface area contributed by atoms with E-state index in [9.17, 15) is 14.4 Å². The summed E-state index contributed by atoms with van der Waals surface area (Å²) in [7, 11) is 0. The van der Waals surface area contributed by atoms with Crippen LogP contribution in [0.3, 0.4) is 0 Å². The van der Waals surface area contributed by atoms with Crippen molar-refractivity contribution in [3.63, 3.8) is 0 Å². The van der Waals surface area contributed by atoms with Crippen LogP contribution in [0.1, 0.15) is 53.0 Å². The first-order valence-corrected chi connectivity index (χ1v) is 10.5. The van der Waals surface area contributed by atoms with Crippen molar-refractivity contribution in [2.45, 2.75) is 33.1 Å². The molecule has 0 aromatic heterocycles. The number of nitrogens with zero attached hydrogens (tertiary/aromatic N) is 1. The van der Waals surface area contributed by atoms with E-state index in [2.05, 4.69) is 0 Å². The summed E-state index contributed by atoms with van der Waals surface area (Å²) in [6.45, 7) is 4.43. The van der Waals surface area contributed by atoms with E-state index in [0.717, 1.165) is 5.56 Å². The molecule has 1 aliphatic heterocycles. The van der Waals surface area contributed by atoms with Crippen LogP contribution in [-0.4, -0.2) is 42.3 Å². The van der Waals surface area contributed by atoms with Crippen molar-refractivity contribution in [3.8, 4) is 0 Å². The number of Topliss-reactive ketones (excluding diaryl/α,β-unsaturated/α-hetero) is 1. The number of rotatable bonds is 6. The van der Waals surface area contributed by atoms with E-state index in [0.29, 0.717) is 55.1 Å². The molecule has 2 aromatic rings. The molecule has 0 aliphatic carbocycles. The molecule has 30 heavy (non-hydrogen) atoms. The fraction of sp³-hybridized carbons (Fsp3) is 0.375. The van der Waals surface area contributed by atoms with Gasteiger partial charge in [0.1, 0.15) is 0 Å². The summed E-state index contributed by atoms with van der Waals surface area (Å²) in [4.78, 5) is 39.6. The molecule has 0 bridgehead atoms. The third-order valence-corrected chi connectivity index (χ3v) is 5.96. The monoisotopic (exact) mass is 427 g/mol. The number of likely N-dealkylation sites (tertiary alicyclic amines) is 1. The molecule has 0 atom stereocenters. The minimum absolute atomic E-state index is 0.139.